The summed E-state index contributed by atoms with van der Waals surface area (Å²) in [5.74, 6) is 0.904. The molecule has 162 valence electrons. The molecule has 1 amide bonds. The zero-order chi connectivity index (χ0) is 21.6. The maximum atomic E-state index is 12.1. The van der Waals surface area contributed by atoms with Crippen LogP contribution in [-0.4, -0.2) is 37.3 Å². The summed E-state index contributed by atoms with van der Waals surface area (Å²) in [6.07, 6.45) is 3.47. The molecule has 6 nitrogen and oxygen atoms in total. The molecule has 0 saturated heterocycles. The zero-order valence-electron chi connectivity index (χ0n) is 18.2. The van der Waals surface area contributed by atoms with Crippen LogP contribution in [-0.2, 0) is 11.3 Å². The summed E-state index contributed by atoms with van der Waals surface area (Å²) in [5.41, 5.74) is 3.14. The van der Waals surface area contributed by atoms with Gasteiger partial charge in [-0.25, -0.2) is 9.78 Å². The molecule has 1 heterocycles. The number of amides is 1. The molecule has 0 atom stereocenters. The van der Waals surface area contributed by atoms with E-state index < -0.39 is 0 Å². The van der Waals surface area contributed by atoms with Crippen molar-refractivity contribution in [1.82, 2.24) is 10.3 Å². The van der Waals surface area contributed by atoms with Gasteiger partial charge in [0.25, 0.3) is 0 Å². The third kappa shape index (κ3) is 5.45. The van der Waals surface area contributed by atoms with Crippen LogP contribution in [0.15, 0.2) is 60.7 Å². The smallest absolute Gasteiger partial charge is 0.407 e. The van der Waals surface area contributed by atoms with E-state index in [-0.39, 0.29) is 12.1 Å². The van der Waals surface area contributed by atoms with Gasteiger partial charge in [0.2, 0.25) is 0 Å². The van der Waals surface area contributed by atoms with Crippen molar-refractivity contribution in [3.8, 4) is 0 Å². The van der Waals surface area contributed by atoms with Gasteiger partial charge in [-0.3, -0.25) is 0 Å². The first-order chi connectivity index (χ1) is 15.1. The summed E-state index contributed by atoms with van der Waals surface area (Å²) in [4.78, 5) is 19.0. The Balaban J connectivity index is 1.29. The highest BCUT2D eigenvalue weighted by Gasteiger charge is 2.23. The Bertz CT molecular complexity index is 1010. The second kappa shape index (κ2) is 9.69. The molecule has 0 unspecified atom stereocenters. The van der Waals surface area contributed by atoms with Crippen molar-refractivity contribution in [2.45, 2.75) is 44.4 Å². The van der Waals surface area contributed by atoms with Gasteiger partial charge in [-0.15, -0.1) is 0 Å². The van der Waals surface area contributed by atoms with Crippen molar-refractivity contribution < 1.29 is 9.53 Å². The molecule has 0 radical (unpaired) electrons. The molecule has 0 bridgehead atoms. The van der Waals surface area contributed by atoms with E-state index >= 15 is 0 Å². The molecular weight excluding hydrogens is 388 g/mol. The van der Waals surface area contributed by atoms with Gasteiger partial charge >= 0.3 is 6.09 Å². The van der Waals surface area contributed by atoms with Gasteiger partial charge in [-0.1, -0.05) is 48.5 Å². The SMILES string of the molecule is CN(C)c1cc(NC2CCC(NC(=O)OCc3ccccc3)CC2)nc2ccccc12. The van der Waals surface area contributed by atoms with Crippen molar-refractivity contribution in [2.24, 2.45) is 0 Å². The Morgan fingerprint density at radius 3 is 2.42 bits per heavy atom. The van der Waals surface area contributed by atoms with Crippen LogP contribution in [0, 0.1) is 0 Å². The monoisotopic (exact) mass is 418 g/mol. The van der Waals surface area contributed by atoms with Gasteiger partial charge in [-0.2, -0.15) is 0 Å². The number of fused-ring (bicyclic) bond motifs is 1. The van der Waals surface area contributed by atoms with E-state index in [0.29, 0.717) is 12.6 Å². The third-order valence-electron chi connectivity index (χ3n) is 5.79. The van der Waals surface area contributed by atoms with Crippen molar-refractivity contribution in [2.75, 3.05) is 24.3 Å². The average molecular weight is 419 g/mol. The molecule has 3 aromatic rings. The molecule has 31 heavy (non-hydrogen) atoms. The largest absolute Gasteiger partial charge is 0.445 e. The number of benzene rings is 2. The fourth-order valence-electron chi connectivity index (χ4n) is 4.12. The van der Waals surface area contributed by atoms with E-state index in [9.17, 15) is 4.79 Å². The highest BCUT2D eigenvalue weighted by molar-refractivity contribution is 5.93. The fourth-order valence-corrected chi connectivity index (χ4v) is 4.12. The quantitative estimate of drug-likeness (QED) is 0.593. The van der Waals surface area contributed by atoms with Crippen LogP contribution in [0.1, 0.15) is 31.2 Å². The van der Waals surface area contributed by atoms with Crippen LogP contribution in [0.4, 0.5) is 16.3 Å². The van der Waals surface area contributed by atoms with Crippen LogP contribution in [0.5, 0.6) is 0 Å². The Morgan fingerprint density at radius 2 is 1.68 bits per heavy atom. The summed E-state index contributed by atoms with van der Waals surface area (Å²) in [7, 11) is 4.11. The molecular formula is C25H30N4O2. The number of ether oxygens (including phenoxy) is 1. The van der Waals surface area contributed by atoms with Gasteiger partial charge in [-0.05, 0) is 37.3 Å². The molecule has 6 heteroatoms. The molecule has 1 fully saturated rings. The second-order valence-electron chi connectivity index (χ2n) is 8.34. The molecule has 1 aliphatic rings. The minimum Gasteiger partial charge on any atom is -0.445 e. The molecule has 1 saturated carbocycles. The number of carbonyl (C=O) groups is 1. The summed E-state index contributed by atoms with van der Waals surface area (Å²) < 4.78 is 5.35. The fraction of sp³-hybridized carbons (Fsp3) is 0.360. The molecule has 1 aromatic heterocycles. The highest BCUT2D eigenvalue weighted by Crippen LogP contribution is 2.29. The number of pyridine rings is 1. The molecule has 2 aromatic carbocycles. The lowest BCUT2D eigenvalue weighted by Gasteiger charge is -2.30. The van der Waals surface area contributed by atoms with Gasteiger partial charge in [0, 0.05) is 43.3 Å². The Labute approximate surface area is 183 Å². The molecule has 2 N–H and O–H groups in total. The zero-order valence-corrected chi connectivity index (χ0v) is 18.2. The number of carbonyl (C=O) groups excluding carboxylic acids is 1. The number of nitrogens with one attached hydrogen (secondary N) is 2. The van der Waals surface area contributed by atoms with E-state index in [4.69, 9.17) is 9.72 Å². The molecule has 4 rings (SSSR count). The summed E-state index contributed by atoms with van der Waals surface area (Å²) in [6.45, 7) is 0.297. The van der Waals surface area contributed by atoms with Crippen molar-refractivity contribution >= 4 is 28.5 Å². The highest BCUT2D eigenvalue weighted by atomic mass is 16.5. The van der Waals surface area contributed by atoms with Crippen LogP contribution >= 0.6 is 0 Å². The number of alkyl carbamates (subject to hydrolysis) is 1. The first-order valence-corrected chi connectivity index (χ1v) is 10.9. The predicted octanol–water partition coefficient (Wildman–Crippen LogP) is 4.95. The van der Waals surface area contributed by atoms with Gasteiger partial charge < -0.3 is 20.3 Å². The van der Waals surface area contributed by atoms with Gasteiger partial charge in [0.1, 0.15) is 12.4 Å². The number of para-hydroxylation sites is 1. The van der Waals surface area contributed by atoms with E-state index in [2.05, 4.69) is 47.8 Å². The second-order valence-corrected chi connectivity index (χ2v) is 8.34. The topological polar surface area (TPSA) is 66.5 Å². The number of hydrogen-bond donors (Lipinski definition) is 2. The van der Waals surface area contributed by atoms with Crippen LogP contribution < -0.4 is 15.5 Å². The normalized spacial score (nSPS) is 18.4. The minimum absolute atomic E-state index is 0.156. The summed E-state index contributed by atoms with van der Waals surface area (Å²) in [5, 5.41) is 7.77. The first kappa shape index (κ1) is 21.0. The maximum absolute atomic E-state index is 12.1. The number of nitrogens with zero attached hydrogens (tertiary/aromatic N) is 2. The Kier molecular flexibility index (Phi) is 6.55. The van der Waals surface area contributed by atoms with Crippen molar-refractivity contribution in [3.05, 3.63) is 66.2 Å². The molecule has 0 spiro atoms. The number of hydrogen-bond acceptors (Lipinski definition) is 5. The number of aromatic nitrogens is 1. The lowest BCUT2D eigenvalue weighted by molar-refractivity contribution is 0.132. The van der Waals surface area contributed by atoms with Crippen molar-refractivity contribution in [1.29, 1.82) is 0 Å². The van der Waals surface area contributed by atoms with E-state index in [1.807, 2.05) is 42.5 Å². The first-order valence-electron chi connectivity index (χ1n) is 10.9. The average Bonchev–Trinajstić information content (AvgIpc) is 2.79. The number of rotatable bonds is 6. The van der Waals surface area contributed by atoms with Gasteiger partial charge in [0.05, 0.1) is 5.52 Å². The minimum atomic E-state index is -0.341. The van der Waals surface area contributed by atoms with Gasteiger partial charge in [0.15, 0.2) is 0 Å². The lowest BCUT2D eigenvalue weighted by Crippen LogP contribution is -2.40. The number of anilines is 2. The van der Waals surface area contributed by atoms with E-state index in [1.165, 1.54) is 0 Å². The Hall–Kier alpha value is -3.28. The predicted molar refractivity (Wildman–Crippen MR) is 125 cm³/mol. The van der Waals surface area contributed by atoms with E-state index in [1.54, 1.807) is 0 Å². The van der Waals surface area contributed by atoms with Crippen molar-refractivity contribution in [3.63, 3.8) is 0 Å². The molecule has 1 aliphatic carbocycles. The Morgan fingerprint density at radius 1 is 1.00 bits per heavy atom. The van der Waals surface area contributed by atoms with Crippen LogP contribution in [0.3, 0.4) is 0 Å². The third-order valence-corrected chi connectivity index (χ3v) is 5.79. The maximum Gasteiger partial charge on any atom is 0.407 e. The lowest BCUT2D eigenvalue weighted by atomic mass is 9.91. The summed E-state index contributed by atoms with van der Waals surface area (Å²) in [6, 6.07) is 20.6. The standard InChI is InChI=1S/C25H30N4O2/c1-29(2)23-16-24(28-22-11-7-6-10-21(22)23)26-19-12-14-20(15-13-19)27-25(30)31-17-18-8-4-3-5-9-18/h3-11,16,19-20H,12-15,17H2,1-2H3,(H,26,28)(H,27,30). The summed E-state index contributed by atoms with van der Waals surface area (Å²) >= 11 is 0. The van der Waals surface area contributed by atoms with Crippen LogP contribution in [0.25, 0.3) is 10.9 Å². The van der Waals surface area contributed by atoms with E-state index in [0.717, 1.165) is 53.7 Å². The van der Waals surface area contributed by atoms with Crippen LogP contribution in [0.2, 0.25) is 0 Å². The molecule has 0 aliphatic heterocycles.